The largest absolute Gasteiger partial charge is 0.378 e. The van der Waals surface area contributed by atoms with Crippen LogP contribution in [0.3, 0.4) is 0 Å². The van der Waals surface area contributed by atoms with Crippen LogP contribution in [0.15, 0.2) is 16.6 Å². The Labute approximate surface area is 133 Å². The molecule has 6 heteroatoms. The summed E-state index contributed by atoms with van der Waals surface area (Å²) < 4.78 is 0.927. The number of carbonyl (C=O) groups excluding carboxylic acids is 1. The Morgan fingerprint density at radius 1 is 1.43 bits per heavy atom. The number of hydrogen-bond acceptors (Lipinski definition) is 4. The third kappa shape index (κ3) is 2.56. The van der Waals surface area contributed by atoms with Crippen molar-refractivity contribution in [3.05, 3.63) is 22.2 Å². The molecule has 0 bridgehead atoms. The van der Waals surface area contributed by atoms with E-state index >= 15 is 0 Å². The molecule has 1 fully saturated rings. The van der Waals surface area contributed by atoms with Crippen LogP contribution in [0.4, 0.5) is 11.4 Å². The number of anilines is 2. The van der Waals surface area contributed by atoms with Crippen LogP contribution in [0.25, 0.3) is 0 Å². The first kappa shape index (κ1) is 14.8. The molecule has 0 aromatic heterocycles. The van der Waals surface area contributed by atoms with Gasteiger partial charge in [-0.2, -0.15) is 0 Å². The third-order valence-electron chi connectivity index (χ3n) is 4.51. The summed E-state index contributed by atoms with van der Waals surface area (Å²) in [6.07, 6.45) is 0.0617. The number of nitrogens with one attached hydrogen (secondary N) is 1. The molecule has 0 saturated carbocycles. The molecular formula is C15H20BrN3O2. The maximum Gasteiger partial charge on any atom is 0.257 e. The first-order valence-electron chi connectivity index (χ1n) is 7.28. The number of fused-ring (bicyclic) bond motifs is 1. The van der Waals surface area contributed by atoms with Crippen molar-refractivity contribution in [1.29, 1.82) is 0 Å². The molecule has 5 nitrogen and oxygen atoms in total. The number of benzene rings is 1. The Morgan fingerprint density at radius 2 is 2.19 bits per heavy atom. The van der Waals surface area contributed by atoms with Crippen LogP contribution >= 0.6 is 15.9 Å². The SMILES string of the molecule is CCC1CN(c2cc3c(cc2Br)C(O)C(=O)N3)CCN1C. The first-order chi connectivity index (χ1) is 10.0. The molecule has 0 radical (unpaired) electrons. The van der Waals surface area contributed by atoms with E-state index in [1.54, 1.807) is 0 Å². The second-order valence-electron chi connectivity index (χ2n) is 5.77. The molecule has 2 aliphatic rings. The van der Waals surface area contributed by atoms with Crippen molar-refractivity contribution in [2.75, 3.05) is 36.9 Å². The van der Waals surface area contributed by atoms with Crippen molar-refractivity contribution in [3.8, 4) is 0 Å². The number of rotatable bonds is 2. The van der Waals surface area contributed by atoms with Crippen LogP contribution in [0.5, 0.6) is 0 Å². The summed E-state index contributed by atoms with van der Waals surface area (Å²) in [7, 11) is 2.17. The summed E-state index contributed by atoms with van der Waals surface area (Å²) in [5, 5.41) is 12.6. The zero-order valence-electron chi connectivity index (χ0n) is 12.3. The maximum atomic E-state index is 11.6. The van der Waals surface area contributed by atoms with Gasteiger partial charge in [-0.1, -0.05) is 6.92 Å². The summed E-state index contributed by atoms with van der Waals surface area (Å²) in [5.74, 6) is -0.348. The highest BCUT2D eigenvalue weighted by Crippen LogP contribution is 2.39. The van der Waals surface area contributed by atoms with Gasteiger partial charge in [-0.05, 0) is 41.5 Å². The monoisotopic (exact) mass is 353 g/mol. The van der Waals surface area contributed by atoms with E-state index in [4.69, 9.17) is 0 Å². The fourth-order valence-corrected chi connectivity index (χ4v) is 3.71. The number of nitrogens with zero attached hydrogens (tertiary/aromatic N) is 2. The Morgan fingerprint density at radius 3 is 2.90 bits per heavy atom. The molecule has 114 valence electrons. The lowest BCUT2D eigenvalue weighted by Gasteiger charge is -2.40. The van der Waals surface area contributed by atoms with Crippen LogP contribution < -0.4 is 10.2 Å². The van der Waals surface area contributed by atoms with Crippen LogP contribution in [-0.4, -0.2) is 48.6 Å². The van der Waals surface area contributed by atoms with E-state index in [9.17, 15) is 9.90 Å². The summed E-state index contributed by atoms with van der Waals surface area (Å²) in [5.41, 5.74) is 2.45. The highest BCUT2D eigenvalue weighted by Gasteiger charge is 2.31. The fourth-order valence-electron chi connectivity index (χ4n) is 3.10. The summed E-state index contributed by atoms with van der Waals surface area (Å²) in [6, 6.07) is 4.36. The van der Waals surface area contributed by atoms with Gasteiger partial charge in [0.05, 0.1) is 5.69 Å². The molecule has 3 rings (SSSR count). The third-order valence-corrected chi connectivity index (χ3v) is 5.14. The van der Waals surface area contributed by atoms with Crippen molar-refractivity contribution in [2.24, 2.45) is 0 Å². The topological polar surface area (TPSA) is 55.8 Å². The van der Waals surface area contributed by atoms with Crippen LogP contribution in [-0.2, 0) is 4.79 Å². The van der Waals surface area contributed by atoms with Crippen LogP contribution in [0, 0.1) is 0 Å². The zero-order chi connectivity index (χ0) is 15.1. The number of likely N-dealkylation sites (N-methyl/N-ethyl adjacent to an activating group) is 1. The minimum atomic E-state index is -1.05. The van der Waals surface area contributed by atoms with Crippen LogP contribution in [0.2, 0.25) is 0 Å². The molecular weight excluding hydrogens is 334 g/mol. The molecule has 1 amide bonds. The number of aliphatic hydroxyl groups is 1. The highest BCUT2D eigenvalue weighted by molar-refractivity contribution is 9.10. The van der Waals surface area contributed by atoms with Crippen molar-refractivity contribution < 1.29 is 9.90 Å². The first-order valence-corrected chi connectivity index (χ1v) is 8.08. The van der Waals surface area contributed by atoms with E-state index in [1.165, 1.54) is 0 Å². The predicted octanol–water partition coefficient (Wildman–Crippen LogP) is 1.96. The fraction of sp³-hybridized carbons (Fsp3) is 0.533. The van der Waals surface area contributed by atoms with Gasteiger partial charge in [-0.3, -0.25) is 9.69 Å². The van der Waals surface area contributed by atoms with Gasteiger partial charge in [-0.25, -0.2) is 0 Å². The molecule has 1 saturated heterocycles. The van der Waals surface area contributed by atoms with Gasteiger partial charge in [0, 0.05) is 41.4 Å². The molecule has 2 heterocycles. The molecule has 1 aromatic carbocycles. The normalized spacial score (nSPS) is 25.9. The van der Waals surface area contributed by atoms with Gasteiger partial charge < -0.3 is 15.3 Å². The quantitative estimate of drug-likeness (QED) is 0.853. The van der Waals surface area contributed by atoms with Gasteiger partial charge in [0.15, 0.2) is 6.10 Å². The lowest BCUT2D eigenvalue weighted by atomic mass is 10.1. The number of hydrogen-bond donors (Lipinski definition) is 2. The van der Waals surface area contributed by atoms with Crippen molar-refractivity contribution >= 4 is 33.2 Å². The summed E-state index contributed by atoms with van der Waals surface area (Å²) in [4.78, 5) is 16.3. The van der Waals surface area contributed by atoms with E-state index < -0.39 is 6.10 Å². The number of piperazine rings is 1. The molecule has 21 heavy (non-hydrogen) atoms. The average Bonchev–Trinajstić information content (AvgIpc) is 2.74. The number of halogens is 1. The average molecular weight is 354 g/mol. The molecule has 0 aliphatic carbocycles. The van der Waals surface area contributed by atoms with Gasteiger partial charge >= 0.3 is 0 Å². The molecule has 2 atom stereocenters. The Balaban J connectivity index is 1.90. The smallest absolute Gasteiger partial charge is 0.257 e. The number of aliphatic hydroxyl groups excluding tert-OH is 1. The van der Waals surface area contributed by atoms with E-state index in [2.05, 4.69) is 45.0 Å². The summed E-state index contributed by atoms with van der Waals surface area (Å²) >= 11 is 3.58. The highest BCUT2D eigenvalue weighted by atomic mass is 79.9. The van der Waals surface area contributed by atoms with Crippen molar-refractivity contribution in [3.63, 3.8) is 0 Å². The molecule has 2 N–H and O–H groups in total. The zero-order valence-corrected chi connectivity index (χ0v) is 13.9. The van der Waals surface area contributed by atoms with E-state index in [0.29, 0.717) is 11.6 Å². The number of amides is 1. The standard InChI is InChI=1S/C15H20BrN3O2/c1-3-9-8-19(5-4-18(9)2)13-7-12-10(6-11(13)16)14(20)15(21)17-12/h6-7,9,14,20H,3-5,8H2,1-2H3,(H,17,21). The Bertz CT molecular complexity index is 578. The van der Waals surface area contributed by atoms with Gasteiger partial charge in [0.1, 0.15) is 0 Å². The maximum absolute atomic E-state index is 11.6. The second-order valence-corrected chi connectivity index (χ2v) is 6.63. The van der Waals surface area contributed by atoms with Crippen molar-refractivity contribution in [2.45, 2.75) is 25.5 Å². The minimum Gasteiger partial charge on any atom is -0.378 e. The van der Waals surface area contributed by atoms with E-state index in [-0.39, 0.29) is 5.91 Å². The van der Waals surface area contributed by atoms with Gasteiger partial charge in [0.25, 0.3) is 5.91 Å². The number of carbonyl (C=O) groups is 1. The molecule has 0 spiro atoms. The minimum absolute atomic E-state index is 0.348. The van der Waals surface area contributed by atoms with Crippen molar-refractivity contribution in [1.82, 2.24) is 4.90 Å². The van der Waals surface area contributed by atoms with Gasteiger partial charge in [-0.15, -0.1) is 0 Å². The van der Waals surface area contributed by atoms with E-state index in [1.807, 2.05) is 12.1 Å². The van der Waals surface area contributed by atoms with E-state index in [0.717, 1.165) is 41.9 Å². The Hall–Kier alpha value is -1.11. The molecule has 1 aromatic rings. The van der Waals surface area contributed by atoms with Gasteiger partial charge in [0.2, 0.25) is 0 Å². The molecule has 2 unspecified atom stereocenters. The predicted molar refractivity (Wildman–Crippen MR) is 86.7 cm³/mol. The molecule has 2 aliphatic heterocycles. The lowest BCUT2D eigenvalue weighted by molar-refractivity contribution is -0.123. The lowest BCUT2D eigenvalue weighted by Crippen LogP contribution is -2.51. The van der Waals surface area contributed by atoms with Crippen LogP contribution in [0.1, 0.15) is 25.0 Å². The second kappa shape index (κ2) is 5.59. The summed E-state index contributed by atoms with van der Waals surface area (Å²) in [6.45, 7) is 5.16. The Kier molecular flexibility index (Phi) is 3.94.